The number of hydrogen-bond acceptors (Lipinski definition) is 1. The van der Waals surface area contributed by atoms with Crippen molar-refractivity contribution in [3.05, 3.63) is 64.7 Å². The SMILES string of the molecule is CCc1cccc(C)c1NC(=O)NCc1ccc(C)cc1. The minimum atomic E-state index is -0.167. The largest absolute Gasteiger partial charge is 0.334 e. The van der Waals surface area contributed by atoms with E-state index in [4.69, 9.17) is 0 Å². The number of urea groups is 1. The van der Waals surface area contributed by atoms with E-state index < -0.39 is 0 Å². The van der Waals surface area contributed by atoms with Crippen LogP contribution in [0, 0.1) is 13.8 Å². The van der Waals surface area contributed by atoms with Crippen LogP contribution < -0.4 is 10.6 Å². The Morgan fingerprint density at radius 3 is 2.43 bits per heavy atom. The molecule has 21 heavy (non-hydrogen) atoms. The fraction of sp³-hybridized carbons (Fsp3) is 0.278. The van der Waals surface area contributed by atoms with Gasteiger partial charge in [-0.1, -0.05) is 55.0 Å². The number of anilines is 1. The van der Waals surface area contributed by atoms with Gasteiger partial charge in [0, 0.05) is 12.2 Å². The summed E-state index contributed by atoms with van der Waals surface area (Å²) in [4.78, 5) is 12.1. The van der Waals surface area contributed by atoms with Gasteiger partial charge in [-0.2, -0.15) is 0 Å². The number of carbonyl (C=O) groups excluding carboxylic acids is 1. The maximum absolute atomic E-state index is 12.1. The van der Waals surface area contributed by atoms with E-state index in [-0.39, 0.29) is 6.03 Å². The third-order valence-electron chi connectivity index (χ3n) is 3.55. The number of amides is 2. The molecule has 3 nitrogen and oxygen atoms in total. The summed E-state index contributed by atoms with van der Waals surface area (Å²) in [5.74, 6) is 0. The Morgan fingerprint density at radius 2 is 1.76 bits per heavy atom. The average molecular weight is 282 g/mol. The fourth-order valence-electron chi connectivity index (χ4n) is 2.25. The summed E-state index contributed by atoms with van der Waals surface area (Å²) in [6, 6.07) is 14.1. The summed E-state index contributed by atoms with van der Waals surface area (Å²) in [6.07, 6.45) is 0.898. The van der Waals surface area contributed by atoms with Gasteiger partial charge in [0.15, 0.2) is 0 Å². The first-order chi connectivity index (χ1) is 10.1. The Labute approximate surface area is 126 Å². The van der Waals surface area contributed by atoms with Crippen molar-refractivity contribution in [3.8, 4) is 0 Å². The summed E-state index contributed by atoms with van der Waals surface area (Å²) in [6.45, 7) is 6.67. The molecule has 0 aromatic heterocycles. The van der Waals surface area contributed by atoms with Gasteiger partial charge in [-0.25, -0.2) is 4.79 Å². The van der Waals surface area contributed by atoms with Gasteiger partial charge >= 0.3 is 6.03 Å². The predicted molar refractivity (Wildman–Crippen MR) is 87.6 cm³/mol. The molecular weight excluding hydrogens is 260 g/mol. The highest BCUT2D eigenvalue weighted by Gasteiger charge is 2.08. The molecule has 0 aliphatic carbocycles. The van der Waals surface area contributed by atoms with Crippen molar-refractivity contribution in [3.63, 3.8) is 0 Å². The highest BCUT2D eigenvalue weighted by molar-refractivity contribution is 5.91. The predicted octanol–water partition coefficient (Wildman–Crippen LogP) is 4.19. The third kappa shape index (κ3) is 4.09. The Kier molecular flexibility index (Phi) is 4.99. The van der Waals surface area contributed by atoms with E-state index in [1.807, 2.05) is 56.3 Å². The first kappa shape index (κ1) is 15.1. The fourth-order valence-corrected chi connectivity index (χ4v) is 2.25. The van der Waals surface area contributed by atoms with Crippen molar-refractivity contribution in [2.75, 3.05) is 5.32 Å². The van der Waals surface area contributed by atoms with Crippen molar-refractivity contribution < 1.29 is 4.79 Å². The molecule has 0 saturated carbocycles. The Morgan fingerprint density at radius 1 is 1.05 bits per heavy atom. The van der Waals surface area contributed by atoms with E-state index in [0.717, 1.165) is 28.8 Å². The van der Waals surface area contributed by atoms with E-state index in [1.165, 1.54) is 5.56 Å². The molecule has 0 bridgehead atoms. The van der Waals surface area contributed by atoms with Crippen LogP contribution in [0.15, 0.2) is 42.5 Å². The van der Waals surface area contributed by atoms with Crippen LogP contribution in [0.4, 0.5) is 10.5 Å². The number of para-hydroxylation sites is 1. The lowest BCUT2D eigenvalue weighted by atomic mass is 10.1. The molecule has 0 atom stereocenters. The van der Waals surface area contributed by atoms with Gasteiger partial charge in [-0.15, -0.1) is 0 Å². The minimum absolute atomic E-state index is 0.167. The van der Waals surface area contributed by atoms with Crippen molar-refractivity contribution in [2.24, 2.45) is 0 Å². The molecule has 0 unspecified atom stereocenters. The van der Waals surface area contributed by atoms with Gasteiger partial charge in [-0.05, 0) is 37.0 Å². The molecule has 0 fully saturated rings. The number of aryl methyl sites for hydroxylation is 3. The normalized spacial score (nSPS) is 10.2. The molecule has 0 heterocycles. The van der Waals surface area contributed by atoms with E-state index >= 15 is 0 Å². The van der Waals surface area contributed by atoms with Crippen molar-refractivity contribution >= 4 is 11.7 Å². The first-order valence-electron chi connectivity index (χ1n) is 7.29. The molecule has 0 aliphatic rings. The van der Waals surface area contributed by atoms with Crippen molar-refractivity contribution in [1.29, 1.82) is 0 Å². The topological polar surface area (TPSA) is 41.1 Å². The third-order valence-corrected chi connectivity index (χ3v) is 3.55. The molecule has 0 radical (unpaired) electrons. The summed E-state index contributed by atoms with van der Waals surface area (Å²) < 4.78 is 0. The van der Waals surface area contributed by atoms with E-state index in [1.54, 1.807) is 0 Å². The molecule has 2 aromatic carbocycles. The number of nitrogens with one attached hydrogen (secondary N) is 2. The highest BCUT2D eigenvalue weighted by atomic mass is 16.2. The molecule has 110 valence electrons. The lowest BCUT2D eigenvalue weighted by Crippen LogP contribution is -2.28. The number of rotatable bonds is 4. The van der Waals surface area contributed by atoms with Crippen LogP contribution in [0.25, 0.3) is 0 Å². The minimum Gasteiger partial charge on any atom is -0.334 e. The molecule has 0 aliphatic heterocycles. The second-order valence-corrected chi connectivity index (χ2v) is 5.26. The van der Waals surface area contributed by atoms with Gasteiger partial charge in [0.05, 0.1) is 0 Å². The van der Waals surface area contributed by atoms with E-state index in [0.29, 0.717) is 6.54 Å². The van der Waals surface area contributed by atoms with E-state index in [9.17, 15) is 4.79 Å². The first-order valence-corrected chi connectivity index (χ1v) is 7.29. The second-order valence-electron chi connectivity index (χ2n) is 5.26. The van der Waals surface area contributed by atoms with Gasteiger partial charge in [-0.3, -0.25) is 0 Å². The lowest BCUT2D eigenvalue weighted by Gasteiger charge is -2.13. The second kappa shape index (κ2) is 6.93. The molecular formula is C18H22N2O. The molecule has 2 amide bonds. The summed E-state index contributed by atoms with van der Waals surface area (Å²) >= 11 is 0. The zero-order valence-corrected chi connectivity index (χ0v) is 12.9. The number of benzene rings is 2. The van der Waals surface area contributed by atoms with Gasteiger partial charge < -0.3 is 10.6 Å². The molecule has 2 N–H and O–H groups in total. The van der Waals surface area contributed by atoms with E-state index in [2.05, 4.69) is 17.6 Å². The van der Waals surface area contributed by atoms with Crippen LogP contribution in [-0.4, -0.2) is 6.03 Å². The van der Waals surface area contributed by atoms with Crippen molar-refractivity contribution in [2.45, 2.75) is 33.7 Å². The molecule has 0 saturated heterocycles. The zero-order valence-electron chi connectivity index (χ0n) is 12.9. The lowest BCUT2D eigenvalue weighted by molar-refractivity contribution is 0.251. The molecule has 2 rings (SSSR count). The average Bonchev–Trinajstić information content (AvgIpc) is 2.49. The Bertz CT molecular complexity index is 618. The number of carbonyl (C=O) groups is 1. The quantitative estimate of drug-likeness (QED) is 0.867. The van der Waals surface area contributed by atoms with Crippen LogP contribution in [0.1, 0.15) is 29.2 Å². The Hall–Kier alpha value is -2.29. The number of hydrogen-bond donors (Lipinski definition) is 2. The van der Waals surface area contributed by atoms with Crippen LogP contribution in [-0.2, 0) is 13.0 Å². The summed E-state index contributed by atoms with van der Waals surface area (Å²) in [7, 11) is 0. The summed E-state index contributed by atoms with van der Waals surface area (Å²) in [5, 5.41) is 5.86. The molecule has 2 aromatic rings. The Balaban J connectivity index is 1.97. The van der Waals surface area contributed by atoms with Crippen LogP contribution in [0.3, 0.4) is 0 Å². The maximum atomic E-state index is 12.1. The smallest absolute Gasteiger partial charge is 0.319 e. The van der Waals surface area contributed by atoms with Crippen LogP contribution in [0.2, 0.25) is 0 Å². The maximum Gasteiger partial charge on any atom is 0.319 e. The van der Waals surface area contributed by atoms with Crippen LogP contribution in [0.5, 0.6) is 0 Å². The highest BCUT2D eigenvalue weighted by Crippen LogP contribution is 2.20. The standard InChI is InChI=1S/C18H22N2O/c1-4-16-7-5-6-14(3)17(16)20-18(21)19-12-15-10-8-13(2)9-11-15/h5-11H,4,12H2,1-3H3,(H2,19,20,21). The summed E-state index contributed by atoms with van der Waals surface area (Å²) in [5.41, 5.74) is 5.47. The monoisotopic (exact) mass is 282 g/mol. The van der Waals surface area contributed by atoms with Gasteiger partial charge in [0.2, 0.25) is 0 Å². The van der Waals surface area contributed by atoms with Gasteiger partial charge in [0.25, 0.3) is 0 Å². The molecule has 3 heteroatoms. The van der Waals surface area contributed by atoms with Gasteiger partial charge in [0.1, 0.15) is 0 Å². The zero-order chi connectivity index (χ0) is 15.2. The van der Waals surface area contributed by atoms with Crippen LogP contribution >= 0.6 is 0 Å². The van der Waals surface area contributed by atoms with Crippen molar-refractivity contribution in [1.82, 2.24) is 5.32 Å². The molecule has 0 spiro atoms.